The Hall–Kier alpha value is -1.40. The van der Waals surface area contributed by atoms with Crippen molar-refractivity contribution in [3.63, 3.8) is 0 Å². The summed E-state index contributed by atoms with van der Waals surface area (Å²) in [7, 11) is 0. The van der Waals surface area contributed by atoms with Gasteiger partial charge < -0.3 is 20.3 Å². The van der Waals surface area contributed by atoms with Gasteiger partial charge in [0.1, 0.15) is 0 Å². The van der Waals surface area contributed by atoms with Gasteiger partial charge in [0, 0.05) is 12.8 Å². The number of aliphatic hydroxyl groups excluding tert-OH is 2. The van der Waals surface area contributed by atoms with Crippen molar-refractivity contribution in [1.82, 2.24) is 5.32 Å². The second kappa shape index (κ2) is 69.1. The van der Waals surface area contributed by atoms with Crippen LogP contribution in [0.25, 0.3) is 0 Å². The van der Waals surface area contributed by atoms with Crippen LogP contribution in [0.1, 0.15) is 418 Å². The van der Waals surface area contributed by atoms with E-state index < -0.39 is 12.1 Å². The molecule has 0 aromatic heterocycles. The number of ether oxygens (including phenoxy) is 1. The smallest absolute Gasteiger partial charge is 0.305 e. The molecule has 470 valence electrons. The number of nitrogens with one attached hydrogen (secondary N) is 1. The molecule has 6 nitrogen and oxygen atoms in total. The van der Waals surface area contributed by atoms with Crippen LogP contribution in [-0.2, 0) is 14.3 Å². The number of carbonyl (C=O) groups is 2. The molecular weight excluding hydrogens is 971 g/mol. The first-order valence-corrected chi connectivity index (χ1v) is 36.5. The number of esters is 1. The van der Waals surface area contributed by atoms with Crippen LogP contribution in [0, 0.1) is 0 Å². The van der Waals surface area contributed by atoms with E-state index in [1.54, 1.807) is 6.08 Å². The summed E-state index contributed by atoms with van der Waals surface area (Å²) >= 11 is 0. The minimum atomic E-state index is -0.844. The third kappa shape index (κ3) is 65.6. The zero-order valence-electron chi connectivity index (χ0n) is 53.9. The number of carbonyl (C=O) groups excluding carboxylic acids is 2. The van der Waals surface area contributed by atoms with Gasteiger partial charge in [0.2, 0.25) is 5.91 Å². The van der Waals surface area contributed by atoms with Gasteiger partial charge in [0.15, 0.2) is 0 Å². The van der Waals surface area contributed by atoms with Crippen molar-refractivity contribution in [2.75, 3.05) is 13.2 Å². The molecule has 0 aliphatic heterocycles. The van der Waals surface area contributed by atoms with E-state index in [4.69, 9.17) is 4.74 Å². The molecule has 79 heavy (non-hydrogen) atoms. The first kappa shape index (κ1) is 77.6. The maximum Gasteiger partial charge on any atom is 0.305 e. The lowest BCUT2D eigenvalue weighted by molar-refractivity contribution is -0.143. The molecule has 0 saturated carbocycles. The van der Waals surface area contributed by atoms with Crippen LogP contribution in [0.2, 0.25) is 0 Å². The highest BCUT2D eigenvalue weighted by Gasteiger charge is 2.18. The maximum atomic E-state index is 12.5. The highest BCUT2D eigenvalue weighted by molar-refractivity contribution is 5.76. The molecule has 1 amide bonds. The van der Waals surface area contributed by atoms with E-state index in [0.29, 0.717) is 19.4 Å². The average molecular weight is 1110 g/mol. The van der Waals surface area contributed by atoms with Gasteiger partial charge in [-0.05, 0) is 32.1 Å². The SMILES string of the molecule is CCCCCCCCCCCCCCCCCCCCCCCC/C=C/C(O)C(CO)NC(=O)CCCCCCCCCCCCCCCCCCCCCCCCCCCOC(=O)CCCCCCCCCCCCCCC. The summed E-state index contributed by atoms with van der Waals surface area (Å²) in [5.41, 5.74) is 0. The summed E-state index contributed by atoms with van der Waals surface area (Å²) < 4.78 is 5.49. The molecule has 6 heteroatoms. The van der Waals surface area contributed by atoms with Crippen LogP contribution < -0.4 is 5.32 Å². The molecule has 0 aromatic rings. The van der Waals surface area contributed by atoms with E-state index in [2.05, 4.69) is 19.2 Å². The van der Waals surface area contributed by atoms with Gasteiger partial charge >= 0.3 is 5.97 Å². The zero-order chi connectivity index (χ0) is 57.1. The molecule has 0 radical (unpaired) electrons. The number of aliphatic hydroxyl groups is 2. The van der Waals surface area contributed by atoms with E-state index in [9.17, 15) is 19.8 Å². The maximum absolute atomic E-state index is 12.5. The average Bonchev–Trinajstić information content (AvgIpc) is 3.45. The first-order chi connectivity index (χ1) is 39.0. The predicted molar refractivity (Wildman–Crippen MR) is 347 cm³/mol. The Labute approximate surface area is 495 Å². The van der Waals surface area contributed by atoms with Crippen LogP contribution in [0.15, 0.2) is 12.2 Å². The molecule has 0 spiro atoms. The van der Waals surface area contributed by atoms with Crippen LogP contribution in [0.5, 0.6) is 0 Å². The first-order valence-electron chi connectivity index (χ1n) is 36.5. The number of amides is 1. The van der Waals surface area contributed by atoms with Crippen molar-refractivity contribution in [2.45, 2.75) is 431 Å². The molecule has 0 aromatic carbocycles. The number of rotatable bonds is 69. The Kier molecular flexibility index (Phi) is 67.9. The Bertz CT molecular complexity index is 1190. The quantitative estimate of drug-likeness (QED) is 0.0320. The van der Waals surface area contributed by atoms with E-state index >= 15 is 0 Å². The monoisotopic (exact) mass is 1110 g/mol. The molecule has 3 N–H and O–H groups in total. The minimum absolute atomic E-state index is 0.0187. The Morgan fingerprint density at radius 3 is 0.861 bits per heavy atom. The minimum Gasteiger partial charge on any atom is -0.466 e. The Balaban J connectivity index is 3.38. The fourth-order valence-electron chi connectivity index (χ4n) is 11.8. The summed E-state index contributed by atoms with van der Waals surface area (Å²) in [6.45, 7) is 4.95. The molecule has 0 fully saturated rings. The fraction of sp³-hybridized carbons (Fsp3) is 0.945. The summed E-state index contributed by atoms with van der Waals surface area (Å²) in [5, 5.41) is 23.3. The van der Waals surface area contributed by atoms with Gasteiger partial charge in [0.05, 0.1) is 25.4 Å². The topological polar surface area (TPSA) is 95.9 Å². The summed E-state index contributed by atoms with van der Waals surface area (Å²) in [5.74, 6) is -0.0423. The van der Waals surface area contributed by atoms with Gasteiger partial charge in [-0.2, -0.15) is 0 Å². The van der Waals surface area contributed by atoms with Crippen molar-refractivity contribution in [1.29, 1.82) is 0 Å². The number of hydrogen-bond acceptors (Lipinski definition) is 5. The normalized spacial score (nSPS) is 12.5. The molecule has 0 rings (SSSR count). The molecule has 2 unspecified atom stereocenters. The molecule has 0 bridgehead atoms. The third-order valence-electron chi connectivity index (χ3n) is 17.3. The molecule has 0 aliphatic rings. The fourth-order valence-corrected chi connectivity index (χ4v) is 11.8. The van der Waals surface area contributed by atoms with Crippen LogP contribution in [0.3, 0.4) is 0 Å². The summed E-state index contributed by atoms with van der Waals surface area (Å²) in [6, 6.07) is -0.627. The summed E-state index contributed by atoms with van der Waals surface area (Å²) in [6.07, 6.45) is 85.8. The van der Waals surface area contributed by atoms with Gasteiger partial charge in [-0.1, -0.05) is 386 Å². The molecular formula is C73H143NO5. The van der Waals surface area contributed by atoms with Crippen LogP contribution in [-0.4, -0.2) is 47.4 Å². The number of unbranched alkanes of at least 4 members (excludes halogenated alkanes) is 58. The second-order valence-corrected chi connectivity index (χ2v) is 25.3. The Morgan fingerprint density at radius 2 is 0.582 bits per heavy atom. The predicted octanol–water partition coefficient (Wildman–Crippen LogP) is 23.5. The molecule has 0 heterocycles. The summed E-state index contributed by atoms with van der Waals surface area (Å²) in [4.78, 5) is 24.6. The largest absolute Gasteiger partial charge is 0.466 e. The van der Waals surface area contributed by atoms with Gasteiger partial charge in [-0.25, -0.2) is 0 Å². The molecule has 2 atom stereocenters. The van der Waals surface area contributed by atoms with Crippen molar-refractivity contribution >= 4 is 11.9 Å². The highest BCUT2D eigenvalue weighted by atomic mass is 16.5. The van der Waals surface area contributed by atoms with Crippen molar-refractivity contribution in [3.8, 4) is 0 Å². The highest BCUT2D eigenvalue weighted by Crippen LogP contribution is 2.19. The van der Waals surface area contributed by atoms with E-state index in [0.717, 1.165) is 38.5 Å². The van der Waals surface area contributed by atoms with E-state index in [-0.39, 0.29) is 18.5 Å². The van der Waals surface area contributed by atoms with Crippen LogP contribution >= 0.6 is 0 Å². The van der Waals surface area contributed by atoms with Gasteiger partial charge in [0.25, 0.3) is 0 Å². The molecule has 0 saturated heterocycles. The van der Waals surface area contributed by atoms with Crippen molar-refractivity contribution in [2.24, 2.45) is 0 Å². The lowest BCUT2D eigenvalue weighted by atomic mass is 10.0. The number of allylic oxidation sites excluding steroid dienone is 1. The second-order valence-electron chi connectivity index (χ2n) is 25.3. The lowest BCUT2D eigenvalue weighted by Gasteiger charge is -2.20. The van der Waals surface area contributed by atoms with E-state index in [1.807, 2.05) is 6.08 Å². The van der Waals surface area contributed by atoms with E-state index in [1.165, 1.54) is 353 Å². The van der Waals surface area contributed by atoms with Gasteiger partial charge in [-0.3, -0.25) is 9.59 Å². The van der Waals surface area contributed by atoms with Crippen molar-refractivity contribution in [3.05, 3.63) is 12.2 Å². The van der Waals surface area contributed by atoms with Gasteiger partial charge in [-0.15, -0.1) is 0 Å². The number of hydrogen-bond donors (Lipinski definition) is 3. The Morgan fingerprint density at radius 1 is 0.342 bits per heavy atom. The van der Waals surface area contributed by atoms with Crippen LogP contribution in [0.4, 0.5) is 0 Å². The zero-order valence-corrected chi connectivity index (χ0v) is 53.9. The van der Waals surface area contributed by atoms with Crippen molar-refractivity contribution < 1.29 is 24.5 Å². The standard InChI is InChI=1S/C73H143NO5/c1-3-5-7-9-11-13-15-17-18-19-20-21-22-26-29-32-35-38-42-45-49-53-57-61-65-71(76)70(69-75)74-72(77)66-62-58-54-50-46-43-39-36-33-30-27-24-23-25-28-31-34-37-40-44-48-52-56-60-64-68-79-73(78)67-63-59-55-51-47-41-16-14-12-10-8-6-4-2/h61,65,70-71,75-76H,3-60,62-64,66-69H2,1-2H3,(H,74,77)/b65-61+. The molecule has 0 aliphatic carbocycles. The third-order valence-corrected chi connectivity index (χ3v) is 17.3. The lowest BCUT2D eigenvalue weighted by Crippen LogP contribution is -2.45.